The molecule has 0 bridgehead atoms. The van der Waals surface area contributed by atoms with Crippen LogP contribution >= 0.6 is 15.9 Å². The van der Waals surface area contributed by atoms with Crippen molar-refractivity contribution < 1.29 is 4.79 Å². The van der Waals surface area contributed by atoms with Crippen molar-refractivity contribution in [3.63, 3.8) is 0 Å². The summed E-state index contributed by atoms with van der Waals surface area (Å²) in [5.41, 5.74) is 0.718. The number of aromatic nitrogens is 2. The molecular weight excluding hydrogens is 338 g/mol. The van der Waals surface area contributed by atoms with Crippen LogP contribution in [0.1, 0.15) is 5.56 Å². The highest BCUT2D eigenvalue weighted by molar-refractivity contribution is 9.10. The van der Waals surface area contributed by atoms with Gasteiger partial charge in [0.25, 0.3) is 5.56 Å². The van der Waals surface area contributed by atoms with Crippen molar-refractivity contribution in [2.75, 3.05) is 5.32 Å². The van der Waals surface area contributed by atoms with Crippen LogP contribution in [0.4, 0.5) is 5.69 Å². The fourth-order valence-corrected chi connectivity index (χ4v) is 2.06. The zero-order valence-corrected chi connectivity index (χ0v) is 13.2. The van der Waals surface area contributed by atoms with Gasteiger partial charge in [-0.25, -0.2) is 4.79 Å². The molecule has 0 aliphatic carbocycles. The molecule has 0 unspecified atom stereocenters. The number of anilines is 1. The van der Waals surface area contributed by atoms with Crippen LogP contribution in [0.3, 0.4) is 0 Å². The number of benzene rings is 1. The van der Waals surface area contributed by atoms with Gasteiger partial charge in [0.05, 0.1) is 0 Å². The molecule has 1 heterocycles. The molecule has 1 N–H and O–H groups in total. The van der Waals surface area contributed by atoms with Crippen molar-refractivity contribution in [3.8, 4) is 0 Å². The lowest BCUT2D eigenvalue weighted by Gasteiger charge is -2.09. The topological polar surface area (TPSA) is 73.1 Å². The van der Waals surface area contributed by atoms with Crippen molar-refractivity contribution in [2.45, 2.75) is 13.5 Å². The van der Waals surface area contributed by atoms with E-state index in [1.165, 1.54) is 23.9 Å². The molecule has 2 aromatic rings. The number of amides is 1. The smallest absolute Gasteiger partial charge is 0.325 e. The Bertz CT molecular complexity index is 808. The van der Waals surface area contributed by atoms with E-state index in [0.717, 1.165) is 14.6 Å². The molecular formula is C14H14BrN3O3. The normalized spacial score (nSPS) is 10.4. The average molecular weight is 352 g/mol. The van der Waals surface area contributed by atoms with Gasteiger partial charge in [-0.1, -0.05) is 15.9 Å². The Hall–Kier alpha value is -2.15. The number of nitrogens with one attached hydrogen (secondary N) is 1. The van der Waals surface area contributed by atoms with Crippen LogP contribution in [-0.2, 0) is 18.4 Å². The van der Waals surface area contributed by atoms with E-state index in [4.69, 9.17) is 0 Å². The third-order valence-electron chi connectivity index (χ3n) is 3.02. The highest BCUT2D eigenvalue weighted by atomic mass is 79.9. The summed E-state index contributed by atoms with van der Waals surface area (Å²) in [4.78, 5) is 35.1. The van der Waals surface area contributed by atoms with Crippen LogP contribution in [0.2, 0.25) is 0 Å². The zero-order valence-electron chi connectivity index (χ0n) is 11.6. The van der Waals surface area contributed by atoms with E-state index in [0.29, 0.717) is 5.69 Å². The summed E-state index contributed by atoms with van der Waals surface area (Å²) >= 11 is 3.38. The number of halogens is 1. The van der Waals surface area contributed by atoms with Crippen molar-refractivity contribution in [2.24, 2.45) is 7.05 Å². The zero-order chi connectivity index (χ0) is 15.6. The summed E-state index contributed by atoms with van der Waals surface area (Å²) < 4.78 is 3.09. The van der Waals surface area contributed by atoms with Crippen molar-refractivity contribution >= 4 is 27.5 Å². The monoisotopic (exact) mass is 351 g/mol. The summed E-state index contributed by atoms with van der Waals surface area (Å²) in [5.74, 6) is -0.336. The summed E-state index contributed by atoms with van der Waals surface area (Å²) in [5, 5.41) is 2.71. The molecule has 1 aromatic heterocycles. The minimum atomic E-state index is -0.523. The molecule has 0 aliphatic heterocycles. The lowest BCUT2D eigenvalue weighted by Crippen LogP contribution is -2.38. The Morgan fingerprint density at radius 2 is 2.00 bits per heavy atom. The Kier molecular flexibility index (Phi) is 4.42. The predicted molar refractivity (Wildman–Crippen MR) is 83.5 cm³/mol. The first kappa shape index (κ1) is 15.2. The van der Waals surface area contributed by atoms with Gasteiger partial charge in [-0.15, -0.1) is 0 Å². The standard InChI is InChI=1S/C14H14BrN3O3/c1-9-7-10(3-4-11(9)15)16-12(19)8-18-6-5-13(20)17(2)14(18)21/h3-7H,8H2,1-2H3,(H,16,19). The van der Waals surface area contributed by atoms with Gasteiger partial charge in [-0.2, -0.15) is 0 Å². The second-order valence-corrected chi connectivity index (χ2v) is 5.49. The molecule has 1 aromatic carbocycles. The quantitative estimate of drug-likeness (QED) is 0.904. The van der Waals surface area contributed by atoms with E-state index in [9.17, 15) is 14.4 Å². The van der Waals surface area contributed by atoms with Gasteiger partial charge >= 0.3 is 5.69 Å². The molecule has 0 saturated heterocycles. The van der Waals surface area contributed by atoms with Gasteiger partial charge in [-0.3, -0.25) is 18.7 Å². The maximum Gasteiger partial charge on any atom is 0.331 e. The first-order valence-corrected chi connectivity index (χ1v) is 7.00. The average Bonchev–Trinajstić information content (AvgIpc) is 2.44. The van der Waals surface area contributed by atoms with Gasteiger partial charge in [0.15, 0.2) is 0 Å². The third kappa shape index (κ3) is 3.49. The largest absolute Gasteiger partial charge is 0.331 e. The second kappa shape index (κ2) is 6.09. The highest BCUT2D eigenvalue weighted by Crippen LogP contribution is 2.19. The second-order valence-electron chi connectivity index (χ2n) is 4.64. The Labute approximate surface area is 129 Å². The maximum atomic E-state index is 12.0. The number of carbonyl (C=O) groups excluding carboxylic acids is 1. The molecule has 0 fully saturated rings. The van der Waals surface area contributed by atoms with Crippen LogP contribution in [0, 0.1) is 6.92 Å². The number of rotatable bonds is 3. The molecule has 0 atom stereocenters. The molecule has 21 heavy (non-hydrogen) atoms. The Morgan fingerprint density at radius 3 is 2.67 bits per heavy atom. The van der Waals surface area contributed by atoms with E-state index >= 15 is 0 Å². The van der Waals surface area contributed by atoms with E-state index in [-0.39, 0.29) is 12.5 Å². The fraction of sp³-hybridized carbons (Fsp3) is 0.214. The minimum Gasteiger partial charge on any atom is -0.325 e. The van der Waals surface area contributed by atoms with Crippen LogP contribution < -0.4 is 16.6 Å². The summed E-state index contributed by atoms with van der Waals surface area (Å²) in [6.07, 6.45) is 1.32. The Balaban J connectivity index is 2.15. The SMILES string of the molecule is Cc1cc(NC(=O)Cn2ccc(=O)n(C)c2=O)ccc1Br. The van der Waals surface area contributed by atoms with Crippen molar-refractivity contribution in [3.05, 3.63) is 61.3 Å². The van der Waals surface area contributed by atoms with Gasteiger partial charge in [0.2, 0.25) is 5.91 Å². The molecule has 0 saturated carbocycles. The lowest BCUT2D eigenvalue weighted by atomic mass is 10.2. The molecule has 0 radical (unpaired) electrons. The molecule has 2 rings (SSSR count). The lowest BCUT2D eigenvalue weighted by molar-refractivity contribution is -0.116. The summed E-state index contributed by atoms with van der Waals surface area (Å²) in [6, 6.07) is 6.67. The van der Waals surface area contributed by atoms with Gasteiger partial charge in [-0.05, 0) is 30.7 Å². The van der Waals surface area contributed by atoms with Crippen molar-refractivity contribution in [1.82, 2.24) is 9.13 Å². The van der Waals surface area contributed by atoms with E-state index in [1.54, 1.807) is 6.07 Å². The maximum absolute atomic E-state index is 12.0. The molecule has 110 valence electrons. The molecule has 0 spiro atoms. The predicted octanol–water partition coefficient (Wildman–Crippen LogP) is 1.26. The van der Waals surface area contributed by atoms with E-state index in [2.05, 4.69) is 21.2 Å². The van der Waals surface area contributed by atoms with Crippen LogP contribution in [0.5, 0.6) is 0 Å². The number of nitrogens with zero attached hydrogens (tertiary/aromatic N) is 2. The molecule has 6 nitrogen and oxygen atoms in total. The summed E-state index contributed by atoms with van der Waals surface area (Å²) in [7, 11) is 1.37. The third-order valence-corrected chi connectivity index (χ3v) is 3.91. The number of hydrogen-bond acceptors (Lipinski definition) is 3. The van der Waals surface area contributed by atoms with Crippen LogP contribution in [-0.4, -0.2) is 15.0 Å². The molecule has 1 amide bonds. The van der Waals surface area contributed by atoms with Crippen LogP contribution in [0.15, 0.2) is 44.5 Å². The first-order chi connectivity index (χ1) is 9.88. The Morgan fingerprint density at radius 1 is 1.29 bits per heavy atom. The van der Waals surface area contributed by atoms with E-state index < -0.39 is 11.2 Å². The first-order valence-electron chi connectivity index (χ1n) is 6.21. The van der Waals surface area contributed by atoms with Gasteiger partial charge in [0, 0.05) is 29.5 Å². The van der Waals surface area contributed by atoms with Crippen molar-refractivity contribution in [1.29, 1.82) is 0 Å². The number of aryl methyl sites for hydroxylation is 1. The van der Waals surface area contributed by atoms with Crippen LogP contribution in [0.25, 0.3) is 0 Å². The number of carbonyl (C=O) groups is 1. The van der Waals surface area contributed by atoms with E-state index in [1.807, 2.05) is 19.1 Å². The fourth-order valence-electron chi connectivity index (χ4n) is 1.81. The minimum absolute atomic E-state index is 0.151. The highest BCUT2D eigenvalue weighted by Gasteiger charge is 2.08. The van der Waals surface area contributed by atoms with Gasteiger partial charge in [0.1, 0.15) is 6.54 Å². The molecule has 7 heteroatoms. The van der Waals surface area contributed by atoms with Gasteiger partial charge < -0.3 is 5.32 Å². The summed E-state index contributed by atoms with van der Waals surface area (Å²) in [6.45, 7) is 1.76. The number of hydrogen-bond donors (Lipinski definition) is 1. The molecule has 0 aliphatic rings.